The molecule has 2 N–H and O–H groups in total. The maximum atomic E-state index is 13.2. The summed E-state index contributed by atoms with van der Waals surface area (Å²) in [5, 5.41) is 3.29. The SMILES string of the molecule is CNC(=O)CN1C(=O)C(C(C)C)Oc2c(-c3cn(C)c(=O)c4[nH]ccc34)cc(OC)cc21. The van der Waals surface area contributed by atoms with Crippen molar-refractivity contribution in [3.63, 3.8) is 0 Å². The Morgan fingerprint density at radius 2 is 2.03 bits per heavy atom. The van der Waals surface area contributed by atoms with Gasteiger partial charge in [0.25, 0.3) is 11.5 Å². The number of hydrogen-bond donors (Lipinski definition) is 2. The Labute approximate surface area is 184 Å². The molecule has 0 saturated carbocycles. The first kappa shape index (κ1) is 21.5. The number of aromatic nitrogens is 2. The summed E-state index contributed by atoms with van der Waals surface area (Å²) >= 11 is 0. The van der Waals surface area contributed by atoms with Crippen LogP contribution < -0.4 is 25.2 Å². The van der Waals surface area contributed by atoms with Crippen LogP contribution in [-0.2, 0) is 16.6 Å². The number of fused-ring (bicyclic) bond motifs is 2. The van der Waals surface area contributed by atoms with E-state index in [9.17, 15) is 14.4 Å². The van der Waals surface area contributed by atoms with Gasteiger partial charge in [0.15, 0.2) is 11.9 Å². The first-order chi connectivity index (χ1) is 15.3. The quantitative estimate of drug-likeness (QED) is 0.634. The Balaban J connectivity index is 2.02. The van der Waals surface area contributed by atoms with Crippen molar-refractivity contribution in [3.05, 3.63) is 40.9 Å². The van der Waals surface area contributed by atoms with Crippen LogP contribution in [0.25, 0.3) is 22.0 Å². The third-order valence-corrected chi connectivity index (χ3v) is 5.69. The Morgan fingerprint density at radius 3 is 2.69 bits per heavy atom. The average molecular weight is 438 g/mol. The van der Waals surface area contributed by atoms with Gasteiger partial charge in [-0.3, -0.25) is 19.3 Å². The molecular weight excluding hydrogens is 412 g/mol. The molecule has 0 spiro atoms. The molecule has 1 aromatic carbocycles. The molecule has 1 atom stereocenters. The van der Waals surface area contributed by atoms with Crippen molar-refractivity contribution in [2.24, 2.45) is 13.0 Å². The van der Waals surface area contributed by atoms with Gasteiger partial charge in [0.1, 0.15) is 17.8 Å². The van der Waals surface area contributed by atoms with Crippen molar-refractivity contribution in [2.45, 2.75) is 20.0 Å². The van der Waals surface area contributed by atoms with E-state index in [-0.39, 0.29) is 29.8 Å². The Bertz CT molecular complexity index is 1270. The number of likely N-dealkylation sites (N-methyl/N-ethyl adjacent to an activating group) is 1. The zero-order valence-corrected chi connectivity index (χ0v) is 18.7. The summed E-state index contributed by atoms with van der Waals surface area (Å²) in [6.07, 6.45) is 2.69. The average Bonchev–Trinajstić information content (AvgIpc) is 3.27. The number of aromatic amines is 1. The zero-order chi connectivity index (χ0) is 23.2. The first-order valence-corrected chi connectivity index (χ1v) is 10.3. The lowest BCUT2D eigenvalue weighted by Gasteiger charge is -2.37. The molecule has 3 heterocycles. The predicted octanol–water partition coefficient (Wildman–Crippen LogP) is 2.04. The minimum absolute atomic E-state index is 0.120. The van der Waals surface area contributed by atoms with Gasteiger partial charge in [-0.1, -0.05) is 13.8 Å². The molecule has 1 aliphatic heterocycles. The monoisotopic (exact) mass is 438 g/mol. The molecule has 0 saturated heterocycles. The van der Waals surface area contributed by atoms with E-state index < -0.39 is 6.10 Å². The third-order valence-electron chi connectivity index (χ3n) is 5.69. The fraction of sp³-hybridized carbons (Fsp3) is 0.348. The summed E-state index contributed by atoms with van der Waals surface area (Å²) in [4.78, 5) is 42.4. The maximum absolute atomic E-state index is 13.2. The molecule has 2 amide bonds. The molecule has 2 aromatic heterocycles. The summed E-state index contributed by atoms with van der Waals surface area (Å²) in [7, 11) is 4.74. The van der Waals surface area contributed by atoms with E-state index in [2.05, 4.69) is 10.3 Å². The molecule has 0 aliphatic carbocycles. The second-order valence-corrected chi connectivity index (χ2v) is 8.13. The van der Waals surface area contributed by atoms with Crippen LogP contribution >= 0.6 is 0 Å². The number of amides is 2. The van der Waals surface area contributed by atoms with Crippen molar-refractivity contribution >= 4 is 28.4 Å². The van der Waals surface area contributed by atoms with Gasteiger partial charge in [-0.15, -0.1) is 0 Å². The van der Waals surface area contributed by atoms with E-state index >= 15 is 0 Å². The number of H-pyrrole nitrogens is 1. The molecule has 9 nitrogen and oxygen atoms in total. The normalized spacial score (nSPS) is 15.6. The van der Waals surface area contributed by atoms with Crippen LogP contribution in [0.3, 0.4) is 0 Å². The van der Waals surface area contributed by atoms with Gasteiger partial charge < -0.3 is 24.3 Å². The van der Waals surface area contributed by atoms with Crippen molar-refractivity contribution in [1.29, 1.82) is 0 Å². The molecule has 1 aliphatic rings. The topological polar surface area (TPSA) is 106 Å². The molecule has 168 valence electrons. The van der Waals surface area contributed by atoms with Crippen LogP contribution in [0.1, 0.15) is 13.8 Å². The number of hydrogen-bond acceptors (Lipinski definition) is 5. The molecule has 0 fully saturated rings. The zero-order valence-electron chi connectivity index (χ0n) is 18.7. The second-order valence-electron chi connectivity index (χ2n) is 8.13. The summed E-state index contributed by atoms with van der Waals surface area (Å²) in [6.45, 7) is 3.64. The van der Waals surface area contributed by atoms with Crippen LogP contribution in [-0.4, -0.2) is 48.2 Å². The number of aryl methyl sites for hydroxylation is 1. The molecule has 0 radical (unpaired) electrons. The lowest BCUT2D eigenvalue weighted by molar-refractivity contribution is -0.130. The molecule has 4 rings (SSSR count). The van der Waals surface area contributed by atoms with Crippen LogP contribution in [0.4, 0.5) is 5.69 Å². The number of methoxy groups -OCH3 is 1. The Kier molecular flexibility index (Phi) is 5.41. The minimum atomic E-state index is -0.756. The molecular formula is C23H26N4O5. The number of ether oxygens (including phenoxy) is 2. The third kappa shape index (κ3) is 3.39. The summed E-state index contributed by atoms with van der Waals surface area (Å²) in [5.41, 5.74) is 2.18. The van der Waals surface area contributed by atoms with Gasteiger partial charge in [-0.25, -0.2) is 0 Å². The Hall–Kier alpha value is -3.75. The lowest BCUT2D eigenvalue weighted by Crippen LogP contribution is -2.51. The summed E-state index contributed by atoms with van der Waals surface area (Å²) < 4.78 is 13.3. The van der Waals surface area contributed by atoms with Crippen molar-refractivity contribution in [2.75, 3.05) is 25.6 Å². The summed E-state index contributed by atoms with van der Waals surface area (Å²) in [6, 6.07) is 5.33. The van der Waals surface area contributed by atoms with Crippen molar-refractivity contribution in [1.82, 2.24) is 14.9 Å². The van der Waals surface area contributed by atoms with Crippen molar-refractivity contribution < 1.29 is 19.1 Å². The number of rotatable bonds is 5. The molecule has 3 aromatic rings. The van der Waals surface area contributed by atoms with E-state index in [1.165, 1.54) is 23.6 Å². The van der Waals surface area contributed by atoms with Crippen LogP contribution in [0, 0.1) is 5.92 Å². The van der Waals surface area contributed by atoms with Gasteiger partial charge in [0.2, 0.25) is 5.91 Å². The van der Waals surface area contributed by atoms with Gasteiger partial charge in [-0.05, 0) is 18.1 Å². The number of benzene rings is 1. The number of nitrogens with zero attached hydrogens (tertiary/aromatic N) is 2. The van der Waals surface area contributed by atoms with Gasteiger partial charge in [0, 0.05) is 49.1 Å². The van der Waals surface area contributed by atoms with Crippen LogP contribution in [0.5, 0.6) is 11.5 Å². The van der Waals surface area contributed by atoms with Gasteiger partial charge in [0.05, 0.1) is 12.8 Å². The van der Waals surface area contributed by atoms with Crippen molar-refractivity contribution in [3.8, 4) is 22.6 Å². The molecule has 9 heteroatoms. The number of nitrogens with one attached hydrogen (secondary N) is 2. The maximum Gasteiger partial charge on any atom is 0.274 e. The highest BCUT2D eigenvalue weighted by Gasteiger charge is 2.39. The largest absolute Gasteiger partial charge is 0.497 e. The number of carbonyl (C=O) groups excluding carboxylic acids is 2. The van der Waals surface area contributed by atoms with Crippen LogP contribution in [0.15, 0.2) is 35.4 Å². The van der Waals surface area contributed by atoms with Crippen LogP contribution in [0.2, 0.25) is 0 Å². The fourth-order valence-electron chi connectivity index (χ4n) is 3.97. The smallest absolute Gasteiger partial charge is 0.274 e. The predicted molar refractivity (Wildman–Crippen MR) is 121 cm³/mol. The van der Waals surface area contributed by atoms with E-state index in [0.29, 0.717) is 28.3 Å². The molecule has 0 bridgehead atoms. The minimum Gasteiger partial charge on any atom is -0.497 e. The molecule has 1 unspecified atom stereocenters. The number of carbonyl (C=O) groups is 2. The second kappa shape index (κ2) is 8.07. The van der Waals surface area contributed by atoms with E-state index in [1.807, 2.05) is 26.0 Å². The highest BCUT2D eigenvalue weighted by molar-refractivity contribution is 6.07. The Morgan fingerprint density at radius 1 is 1.28 bits per heavy atom. The highest BCUT2D eigenvalue weighted by atomic mass is 16.5. The van der Waals surface area contributed by atoms with Gasteiger partial charge >= 0.3 is 0 Å². The number of pyridine rings is 1. The standard InChI is InChI=1S/C23H26N4O5/c1-12(2)20-23(30)27(11-18(28)24-3)17-9-13(31-5)8-15(21(17)32-20)16-10-26(4)22(29)19-14(16)6-7-25-19/h6-10,12,20,25H,11H2,1-5H3,(H,24,28). The van der Waals surface area contributed by atoms with E-state index in [0.717, 1.165) is 10.9 Å². The van der Waals surface area contributed by atoms with E-state index in [1.54, 1.807) is 25.5 Å². The first-order valence-electron chi connectivity index (χ1n) is 10.3. The van der Waals surface area contributed by atoms with E-state index in [4.69, 9.17) is 9.47 Å². The number of anilines is 1. The fourth-order valence-corrected chi connectivity index (χ4v) is 3.97. The summed E-state index contributed by atoms with van der Waals surface area (Å²) in [5.74, 6) is 0.257. The lowest BCUT2D eigenvalue weighted by atomic mass is 9.97. The van der Waals surface area contributed by atoms with Gasteiger partial charge in [-0.2, -0.15) is 0 Å². The molecule has 32 heavy (non-hydrogen) atoms. The highest BCUT2D eigenvalue weighted by Crippen LogP contribution is 2.47.